The van der Waals surface area contributed by atoms with Crippen molar-refractivity contribution in [3.63, 3.8) is 0 Å². The van der Waals surface area contributed by atoms with Crippen LogP contribution in [0, 0.1) is 5.82 Å². The molecule has 1 aromatic carbocycles. The lowest BCUT2D eigenvalue weighted by atomic mass is 10.0. The smallest absolute Gasteiger partial charge is 0.288 e. The molecule has 2 aromatic rings. The van der Waals surface area contributed by atoms with Crippen molar-refractivity contribution < 1.29 is 9.18 Å². The van der Waals surface area contributed by atoms with Gasteiger partial charge in [0, 0.05) is 24.7 Å². The van der Waals surface area contributed by atoms with Crippen LogP contribution >= 0.6 is 23.2 Å². The molecule has 0 aliphatic carbocycles. The third-order valence-corrected chi connectivity index (χ3v) is 5.05. The molecule has 26 heavy (non-hydrogen) atoms. The van der Waals surface area contributed by atoms with Gasteiger partial charge in [0.15, 0.2) is 0 Å². The molecule has 138 valence electrons. The lowest BCUT2D eigenvalue weighted by molar-refractivity contribution is 0.0895. The van der Waals surface area contributed by atoms with Gasteiger partial charge in [-0.1, -0.05) is 23.2 Å². The Bertz CT molecular complexity index is 849. The van der Waals surface area contributed by atoms with Gasteiger partial charge in [-0.3, -0.25) is 14.5 Å². The van der Waals surface area contributed by atoms with E-state index in [4.69, 9.17) is 23.2 Å². The molecule has 9 heteroatoms. The highest BCUT2D eigenvalue weighted by Gasteiger charge is 2.22. The largest absolute Gasteiger partial charge is 0.349 e. The van der Waals surface area contributed by atoms with E-state index in [0.29, 0.717) is 25.3 Å². The molecule has 1 saturated heterocycles. The van der Waals surface area contributed by atoms with Crippen molar-refractivity contribution in [3.8, 4) is 0 Å². The lowest BCUT2D eigenvalue weighted by Crippen LogP contribution is -2.46. The molecular weight excluding hydrogens is 382 g/mol. The van der Waals surface area contributed by atoms with E-state index in [2.05, 4.69) is 15.3 Å². The maximum absolute atomic E-state index is 12.9. The average Bonchev–Trinajstić information content (AvgIpc) is 2.64. The minimum atomic E-state index is -0.425. The van der Waals surface area contributed by atoms with Crippen molar-refractivity contribution in [1.29, 1.82) is 0 Å². The van der Waals surface area contributed by atoms with Gasteiger partial charge < -0.3 is 5.32 Å². The fraction of sp³-hybridized carbons (Fsp3) is 0.353. The number of aromatic nitrogens is 2. The molecule has 0 atom stereocenters. The fourth-order valence-electron chi connectivity index (χ4n) is 2.82. The van der Waals surface area contributed by atoms with E-state index in [-0.39, 0.29) is 27.8 Å². The highest BCUT2D eigenvalue weighted by atomic mass is 35.5. The predicted octanol–water partition coefficient (Wildman–Crippen LogP) is 2.54. The Morgan fingerprint density at radius 3 is 2.54 bits per heavy atom. The van der Waals surface area contributed by atoms with Crippen molar-refractivity contribution in [1.82, 2.24) is 20.0 Å². The van der Waals surface area contributed by atoms with E-state index in [1.54, 1.807) is 0 Å². The van der Waals surface area contributed by atoms with Gasteiger partial charge in [0.1, 0.15) is 10.8 Å². The molecule has 1 aromatic heterocycles. The Balaban J connectivity index is 1.53. The molecule has 1 fully saturated rings. The normalized spacial score (nSPS) is 15.8. The molecule has 3 rings (SSSR count). The predicted molar refractivity (Wildman–Crippen MR) is 97.0 cm³/mol. The molecule has 2 heterocycles. The van der Waals surface area contributed by atoms with Gasteiger partial charge in [-0.15, -0.1) is 0 Å². The fourth-order valence-corrected chi connectivity index (χ4v) is 3.09. The number of likely N-dealkylation sites (tertiary alicyclic amines) is 1. The van der Waals surface area contributed by atoms with Crippen LogP contribution in [0.4, 0.5) is 4.39 Å². The zero-order chi connectivity index (χ0) is 18.7. The molecule has 6 nitrogen and oxygen atoms in total. The minimum absolute atomic E-state index is 0.0299. The first kappa shape index (κ1) is 18.8. The van der Waals surface area contributed by atoms with Crippen LogP contribution in [0.2, 0.25) is 10.0 Å². The second-order valence-corrected chi connectivity index (χ2v) is 6.91. The van der Waals surface area contributed by atoms with Crippen LogP contribution in [0.3, 0.4) is 0 Å². The second kappa shape index (κ2) is 8.16. The zero-order valence-corrected chi connectivity index (χ0v) is 15.3. The van der Waals surface area contributed by atoms with Crippen molar-refractivity contribution in [2.45, 2.75) is 25.6 Å². The summed E-state index contributed by atoms with van der Waals surface area (Å²) in [5, 5.41) is 7.04. The van der Waals surface area contributed by atoms with Crippen LogP contribution in [-0.2, 0) is 6.67 Å². The van der Waals surface area contributed by atoms with Crippen LogP contribution in [0.5, 0.6) is 0 Å². The zero-order valence-electron chi connectivity index (χ0n) is 13.8. The standard InChI is InChI=1S/C17H17Cl2FN4O2/c18-14-9-21-24(17(26)15(14)19)10-23-7-5-13(6-8-23)22-16(25)11-1-3-12(20)4-2-11/h1-4,9,13H,5-8,10H2,(H,22,25). The average molecular weight is 399 g/mol. The number of amides is 1. The topological polar surface area (TPSA) is 67.2 Å². The number of nitrogens with one attached hydrogen (secondary N) is 1. The molecule has 0 bridgehead atoms. The maximum atomic E-state index is 12.9. The minimum Gasteiger partial charge on any atom is -0.349 e. The number of rotatable bonds is 4. The van der Waals surface area contributed by atoms with E-state index >= 15 is 0 Å². The summed E-state index contributed by atoms with van der Waals surface area (Å²) in [7, 11) is 0. The van der Waals surface area contributed by atoms with Crippen molar-refractivity contribution in [2.24, 2.45) is 0 Å². The van der Waals surface area contributed by atoms with Crippen LogP contribution in [0.25, 0.3) is 0 Å². The lowest BCUT2D eigenvalue weighted by Gasteiger charge is -2.32. The summed E-state index contributed by atoms with van der Waals surface area (Å²) in [5.41, 5.74) is 0.00582. The van der Waals surface area contributed by atoms with Gasteiger partial charge in [-0.2, -0.15) is 5.10 Å². The monoisotopic (exact) mass is 398 g/mol. The van der Waals surface area contributed by atoms with E-state index < -0.39 is 5.56 Å². The first-order valence-electron chi connectivity index (χ1n) is 8.14. The van der Waals surface area contributed by atoms with E-state index in [0.717, 1.165) is 12.8 Å². The number of carbonyl (C=O) groups excluding carboxylic acids is 1. The van der Waals surface area contributed by atoms with E-state index in [1.807, 2.05) is 0 Å². The Morgan fingerprint density at radius 2 is 1.88 bits per heavy atom. The summed E-state index contributed by atoms with van der Waals surface area (Å²) < 4.78 is 14.2. The summed E-state index contributed by atoms with van der Waals surface area (Å²) in [5.74, 6) is -0.591. The molecule has 0 saturated carbocycles. The van der Waals surface area contributed by atoms with Crippen LogP contribution in [0.15, 0.2) is 35.3 Å². The number of benzene rings is 1. The van der Waals surface area contributed by atoms with Gasteiger partial charge >= 0.3 is 0 Å². The number of hydrogen-bond donors (Lipinski definition) is 1. The molecule has 1 aliphatic rings. The molecule has 0 unspecified atom stereocenters. The SMILES string of the molecule is O=C(NC1CCN(Cn2ncc(Cl)c(Cl)c2=O)CC1)c1ccc(F)cc1. The Kier molecular flexibility index (Phi) is 5.90. The third-order valence-electron chi connectivity index (χ3n) is 4.31. The van der Waals surface area contributed by atoms with Crippen molar-refractivity contribution >= 4 is 29.1 Å². The van der Waals surface area contributed by atoms with Crippen LogP contribution in [-0.4, -0.2) is 39.7 Å². The maximum Gasteiger partial charge on any atom is 0.288 e. The van der Waals surface area contributed by atoms with Crippen LogP contribution < -0.4 is 10.9 Å². The summed E-state index contributed by atoms with van der Waals surface area (Å²) in [4.78, 5) is 26.3. The van der Waals surface area contributed by atoms with Gasteiger partial charge in [0.25, 0.3) is 11.5 Å². The summed E-state index contributed by atoms with van der Waals surface area (Å²) in [6.07, 6.45) is 2.83. The quantitative estimate of drug-likeness (QED) is 0.858. The van der Waals surface area contributed by atoms with Gasteiger partial charge in [-0.25, -0.2) is 9.07 Å². The number of halogens is 3. The number of nitrogens with zero attached hydrogens (tertiary/aromatic N) is 3. The first-order valence-corrected chi connectivity index (χ1v) is 8.89. The van der Waals surface area contributed by atoms with Gasteiger partial charge in [-0.05, 0) is 37.1 Å². The van der Waals surface area contributed by atoms with Crippen molar-refractivity contribution in [3.05, 3.63) is 62.2 Å². The highest BCUT2D eigenvalue weighted by Crippen LogP contribution is 2.16. The number of piperidine rings is 1. The molecule has 0 spiro atoms. The number of carbonyl (C=O) groups is 1. The Morgan fingerprint density at radius 1 is 1.23 bits per heavy atom. The van der Waals surface area contributed by atoms with Crippen molar-refractivity contribution in [2.75, 3.05) is 13.1 Å². The third kappa shape index (κ3) is 4.41. The van der Waals surface area contributed by atoms with E-state index in [1.165, 1.54) is 35.1 Å². The highest BCUT2D eigenvalue weighted by molar-refractivity contribution is 6.41. The van der Waals surface area contributed by atoms with Gasteiger partial charge in [0.2, 0.25) is 0 Å². The first-order chi connectivity index (χ1) is 12.4. The summed E-state index contributed by atoms with van der Waals surface area (Å²) >= 11 is 11.6. The van der Waals surface area contributed by atoms with Crippen LogP contribution in [0.1, 0.15) is 23.2 Å². The molecule has 1 N–H and O–H groups in total. The summed E-state index contributed by atoms with van der Waals surface area (Å²) in [6.45, 7) is 1.71. The number of hydrogen-bond acceptors (Lipinski definition) is 4. The molecule has 1 amide bonds. The molecular formula is C17H17Cl2FN4O2. The van der Waals surface area contributed by atoms with E-state index in [9.17, 15) is 14.0 Å². The molecule has 0 radical (unpaired) electrons. The molecule has 1 aliphatic heterocycles. The Labute approximate surface area is 159 Å². The Hall–Kier alpha value is -1.96. The second-order valence-electron chi connectivity index (χ2n) is 6.13. The summed E-state index contributed by atoms with van der Waals surface area (Å²) in [6, 6.07) is 5.48. The van der Waals surface area contributed by atoms with Gasteiger partial charge in [0.05, 0.1) is 17.9 Å².